The van der Waals surface area contributed by atoms with Crippen LogP contribution in [0.25, 0.3) is 0 Å². The first-order valence-electron chi connectivity index (χ1n) is 9.59. The number of hydrogen-bond acceptors (Lipinski definition) is 2. The van der Waals surface area contributed by atoms with Crippen molar-refractivity contribution in [1.29, 1.82) is 0 Å². The zero-order chi connectivity index (χ0) is 19.1. The largest absolute Gasteiger partial charge is 0.339 e. The van der Waals surface area contributed by atoms with Gasteiger partial charge in [-0.3, -0.25) is 4.79 Å². The Kier molecular flexibility index (Phi) is 6.47. The number of nitrogens with one attached hydrogen (secondary N) is 1. The molecular formula is C22H27N3O2. The van der Waals surface area contributed by atoms with Gasteiger partial charge < -0.3 is 15.1 Å². The van der Waals surface area contributed by atoms with Crippen LogP contribution in [0.5, 0.6) is 0 Å². The van der Waals surface area contributed by atoms with Gasteiger partial charge in [-0.1, -0.05) is 67.6 Å². The summed E-state index contributed by atoms with van der Waals surface area (Å²) in [5.74, 6) is 0.0255. The van der Waals surface area contributed by atoms with Crippen molar-refractivity contribution in [2.24, 2.45) is 0 Å². The van der Waals surface area contributed by atoms with Crippen LogP contribution in [0.2, 0.25) is 0 Å². The van der Waals surface area contributed by atoms with Gasteiger partial charge in [0, 0.05) is 19.6 Å². The van der Waals surface area contributed by atoms with Crippen molar-refractivity contribution in [1.82, 2.24) is 15.1 Å². The zero-order valence-electron chi connectivity index (χ0n) is 15.8. The number of amides is 3. The summed E-state index contributed by atoms with van der Waals surface area (Å²) in [5.41, 5.74) is 2.22. The molecule has 1 aliphatic rings. The van der Waals surface area contributed by atoms with Crippen LogP contribution in [0.15, 0.2) is 60.7 Å². The van der Waals surface area contributed by atoms with Crippen LogP contribution in [-0.2, 0) is 11.2 Å². The van der Waals surface area contributed by atoms with Crippen LogP contribution >= 0.6 is 0 Å². The lowest BCUT2D eigenvalue weighted by atomic mass is 9.99. The van der Waals surface area contributed by atoms with Gasteiger partial charge >= 0.3 is 6.03 Å². The first-order chi connectivity index (χ1) is 13.2. The molecule has 0 aliphatic carbocycles. The minimum atomic E-state index is -0.177. The zero-order valence-corrected chi connectivity index (χ0v) is 15.8. The maximum atomic E-state index is 12.8. The molecule has 1 fully saturated rings. The van der Waals surface area contributed by atoms with Crippen molar-refractivity contribution in [3.8, 4) is 0 Å². The van der Waals surface area contributed by atoms with Crippen molar-refractivity contribution in [3.05, 3.63) is 71.8 Å². The number of nitrogens with zero attached hydrogens (tertiary/aromatic N) is 2. The fourth-order valence-electron chi connectivity index (χ4n) is 3.42. The Morgan fingerprint density at radius 3 is 2.33 bits per heavy atom. The summed E-state index contributed by atoms with van der Waals surface area (Å²) >= 11 is 0. The van der Waals surface area contributed by atoms with Crippen molar-refractivity contribution in [3.63, 3.8) is 0 Å². The van der Waals surface area contributed by atoms with Crippen molar-refractivity contribution in [2.75, 3.05) is 26.2 Å². The molecule has 5 nitrogen and oxygen atoms in total. The van der Waals surface area contributed by atoms with Crippen LogP contribution < -0.4 is 5.32 Å². The van der Waals surface area contributed by atoms with E-state index in [4.69, 9.17) is 0 Å². The smallest absolute Gasteiger partial charge is 0.318 e. The SMILES string of the molecule is CCCN1CCN(C(=O)N[C@H](Cc2ccccc2)c2ccccc2)CC1=O. The Labute approximate surface area is 161 Å². The third-order valence-corrected chi connectivity index (χ3v) is 4.88. The Morgan fingerprint density at radius 1 is 1.04 bits per heavy atom. The Balaban J connectivity index is 1.68. The highest BCUT2D eigenvalue weighted by molar-refractivity contribution is 5.85. The predicted octanol–water partition coefficient (Wildman–Crippen LogP) is 3.23. The van der Waals surface area contributed by atoms with E-state index in [1.165, 1.54) is 0 Å². The number of rotatable bonds is 6. The molecule has 1 atom stereocenters. The molecule has 0 aromatic heterocycles. The highest BCUT2D eigenvalue weighted by atomic mass is 16.2. The third kappa shape index (κ3) is 5.09. The van der Waals surface area contributed by atoms with Crippen LogP contribution in [0.4, 0.5) is 4.79 Å². The van der Waals surface area contributed by atoms with Gasteiger partial charge in [-0.25, -0.2) is 4.79 Å². The summed E-state index contributed by atoms with van der Waals surface area (Å²) in [6.07, 6.45) is 1.64. The van der Waals surface area contributed by atoms with E-state index in [1.54, 1.807) is 4.90 Å². The maximum absolute atomic E-state index is 12.8. The normalized spacial score (nSPS) is 15.5. The van der Waals surface area contributed by atoms with Crippen molar-refractivity contribution >= 4 is 11.9 Å². The van der Waals surface area contributed by atoms with Gasteiger partial charge in [0.05, 0.1) is 6.04 Å². The molecule has 1 N–H and O–H groups in total. The van der Waals surface area contributed by atoms with Gasteiger partial charge in [0.1, 0.15) is 6.54 Å². The maximum Gasteiger partial charge on any atom is 0.318 e. The minimum Gasteiger partial charge on any atom is -0.339 e. The highest BCUT2D eigenvalue weighted by Gasteiger charge is 2.28. The average Bonchev–Trinajstić information content (AvgIpc) is 2.70. The summed E-state index contributed by atoms with van der Waals surface area (Å²) in [5, 5.41) is 3.14. The average molecular weight is 365 g/mol. The molecule has 0 saturated carbocycles. The number of piperazine rings is 1. The molecule has 1 saturated heterocycles. The molecule has 1 aliphatic heterocycles. The molecule has 27 heavy (non-hydrogen) atoms. The second-order valence-electron chi connectivity index (χ2n) is 6.90. The number of urea groups is 1. The fraction of sp³-hybridized carbons (Fsp3) is 0.364. The second-order valence-corrected chi connectivity index (χ2v) is 6.90. The molecule has 3 amide bonds. The minimum absolute atomic E-state index is 0.0255. The first-order valence-corrected chi connectivity index (χ1v) is 9.59. The molecule has 2 aromatic rings. The quantitative estimate of drug-likeness (QED) is 0.854. The standard InChI is InChI=1S/C22H27N3O2/c1-2-13-24-14-15-25(17-21(24)26)22(27)23-20(19-11-7-4-8-12-19)16-18-9-5-3-6-10-18/h3-12,20H,2,13-17H2,1H3,(H,23,27)/t20-/m1/s1. The number of carbonyl (C=O) groups is 2. The van der Waals surface area contributed by atoms with E-state index in [0.717, 1.165) is 24.1 Å². The molecule has 0 bridgehead atoms. The van der Waals surface area contributed by atoms with Crippen molar-refractivity contribution < 1.29 is 9.59 Å². The summed E-state index contributed by atoms with van der Waals surface area (Å²) in [4.78, 5) is 28.5. The molecule has 0 unspecified atom stereocenters. The molecule has 2 aromatic carbocycles. The summed E-state index contributed by atoms with van der Waals surface area (Å²) in [6.45, 7) is 4.15. The van der Waals surface area contributed by atoms with Gasteiger partial charge in [-0.05, 0) is 24.0 Å². The van der Waals surface area contributed by atoms with E-state index in [1.807, 2.05) is 53.4 Å². The van der Waals surface area contributed by atoms with E-state index in [2.05, 4.69) is 24.4 Å². The number of hydrogen-bond donors (Lipinski definition) is 1. The summed E-state index contributed by atoms with van der Waals surface area (Å²) in [6, 6.07) is 19.8. The third-order valence-electron chi connectivity index (χ3n) is 4.88. The van der Waals surface area contributed by atoms with Crippen molar-refractivity contribution in [2.45, 2.75) is 25.8 Å². The predicted molar refractivity (Wildman–Crippen MR) is 106 cm³/mol. The fourth-order valence-corrected chi connectivity index (χ4v) is 3.42. The van der Waals surface area contributed by atoms with E-state index in [0.29, 0.717) is 19.5 Å². The Hall–Kier alpha value is -2.82. The molecule has 1 heterocycles. The lowest BCUT2D eigenvalue weighted by molar-refractivity contribution is -0.134. The van der Waals surface area contributed by atoms with E-state index >= 15 is 0 Å². The van der Waals surface area contributed by atoms with Gasteiger partial charge in [0.25, 0.3) is 0 Å². The monoisotopic (exact) mass is 365 g/mol. The topological polar surface area (TPSA) is 52.6 Å². The number of benzene rings is 2. The van der Waals surface area contributed by atoms with E-state index in [9.17, 15) is 9.59 Å². The van der Waals surface area contributed by atoms with Gasteiger partial charge in [-0.15, -0.1) is 0 Å². The Bertz CT molecular complexity index is 749. The lowest BCUT2D eigenvalue weighted by Gasteiger charge is -2.35. The number of carbonyl (C=O) groups excluding carboxylic acids is 2. The first kappa shape index (κ1) is 19.0. The molecule has 0 spiro atoms. The Morgan fingerprint density at radius 2 is 1.70 bits per heavy atom. The van der Waals surface area contributed by atoms with Crippen LogP contribution in [-0.4, -0.2) is 47.9 Å². The van der Waals surface area contributed by atoms with E-state index < -0.39 is 0 Å². The van der Waals surface area contributed by atoms with Gasteiger partial charge in [0.15, 0.2) is 0 Å². The molecule has 0 radical (unpaired) electrons. The van der Waals surface area contributed by atoms with Gasteiger partial charge in [0.2, 0.25) is 5.91 Å². The van der Waals surface area contributed by atoms with Crippen LogP contribution in [0.3, 0.4) is 0 Å². The summed E-state index contributed by atoms with van der Waals surface area (Å²) < 4.78 is 0. The summed E-state index contributed by atoms with van der Waals surface area (Å²) in [7, 11) is 0. The van der Waals surface area contributed by atoms with Crippen LogP contribution in [0, 0.1) is 0 Å². The lowest BCUT2D eigenvalue weighted by Crippen LogP contribution is -2.55. The molecule has 142 valence electrons. The second kappa shape index (κ2) is 9.21. The van der Waals surface area contributed by atoms with Gasteiger partial charge in [-0.2, -0.15) is 0 Å². The molecular weight excluding hydrogens is 338 g/mol. The highest BCUT2D eigenvalue weighted by Crippen LogP contribution is 2.19. The van der Waals surface area contributed by atoms with E-state index in [-0.39, 0.29) is 24.5 Å². The molecule has 3 rings (SSSR count). The molecule has 5 heteroatoms. The van der Waals surface area contributed by atoms with Crippen LogP contribution in [0.1, 0.15) is 30.5 Å².